The van der Waals surface area contributed by atoms with E-state index in [0.717, 1.165) is 88.4 Å². The van der Waals surface area contributed by atoms with Gasteiger partial charge >= 0.3 is 0 Å². The van der Waals surface area contributed by atoms with Gasteiger partial charge in [-0.25, -0.2) is 54.8 Å². The molecule has 0 fully saturated rings. The molecule has 12 aromatic carbocycles. The van der Waals surface area contributed by atoms with E-state index < -0.39 is 0 Å². The van der Waals surface area contributed by atoms with Gasteiger partial charge in [-0.2, -0.15) is 0 Å². The summed E-state index contributed by atoms with van der Waals surface area (Å²) in [5.41, 5.74) is 14.6. The smallest absolute Gasteiger partial charge is 0.163 e. The fraction of sp³-hybridized carbons (Fsp3) is 0. The number of fused-ring (bicyclic) bond motifs is 7. The van der Waals surface area contributed by atoms with Gasteiger partial charge < -0.3 is 0 Å². The van der Waals surface area contributed by atoms with Gasteiger partial charge in [0.25, 0.3) is 0 Å². The van der Waals surface area contributed by atoms with E-state index in [2.05, 4.69) is 225 Å². The van der Waals surface area contributed by atoms with Crippen LogP contribution in [0.3, 0.4) is 0 Å². The molecule has 0 saturated heterocycles. The Morgan fingerprint density at radius 1 is 0.250 bits per heavy atom. The fourth-order valence-corrected chi connectivity index (χ4v) is 13.2. The van der Waals surface area contributed by atoms with Crippen LogP contribution >= 0.6 is 22.7 Å². The standard InChI is InChI=1S/C23H15N3.C16H10N2S.C16H12N2.C14H10N2.C10H8N2.C8H6S/c1-3-7-18-13-20(11-9-16(18)5-1)22-24-15-25-23(26-22)21-12-10-17-6-2-4-8-19(17)14-21;1-2-6-11(7-3-1)14-16-15(18-10-17-14)12-8-4-5-9-13(12)19-16;1-3-7-13(8-4-1)15-11-16(18-12-17-15)14-9-5-2-6-10-14;1-2-6-11(7-3-1)14-12-8-4-5-9-13(12)15-10-16-14;1-2-4-9(5-3-1)10-6-11-8-12-7-10;1-2-4-8-7(3-1)5-6-9-8/h1-15H;1-10H;1-12H;1-10H;1-8H;1-6H. The van der Waals surface area contributed by atoms with E-state index in [1.165, 1.54) is 48.0 Å². The number of para-hydroxylation sites is 1. The Morgan fingerprint density at radius 2 is 0.690 bits per heavy atom. The van der Waals surface area contributed by atoms with Crippen molar-refractivity contribution in [3.8, 4) is 78.9 Å². The Labute approximate surface area is 586 Å². The Morgan fingerprint density at radius 3 is 1.27 bits per heavy atom. The minimum Gasteiger partial charge on any atom is -0.244 e. The van der Waals surface area contributed by atoms with E-state index in [4.69, 9.17) is 4.98 Å². The second kappa shape index (κ2) is 32.1. The molecule has 7 aromatic heterocycles. The third kappa shape index (κ3) is 15.9. The summed E-state index contributed by atoms with van der Waals surface area (Å²) in [5, 5.41) is 10.5. The minimum atomic E-state index is 0.689. The van der Waals surface area contributed by atoms with E-state index in [-0.39, 0.29) is 0 Å². The van der Waals surface area contributed by atoms with Gasteiger partial charge in [-0.05, 0) is 80.3 Å². The van der Waals surface area contributed by atoms with Crippen LogP contribution in [0.2, 0.25) is 0 Å². The van der Waals surface area contributed by atoms with Crippen molar-refractivity contribution >= 4 is 85.5 Å². The van der Waals surface area contributed by atoms with Crippen molar-refractivity contribution in [3.63, 3.8) is 0 Å². The molecule has 0 amide bonds. The summed E-state index contributed by atoms with van der Waals surface area (Å²) in [4.78, 5) is 47.6. The van der Waals surface area contributed by atoms with Crippen LogP contribution in [0.15, 0.2) is 371 Å². The first-order valence-electron chi connectivity index (χ1n) is 32.4. The minimum absolute atomic E-state index is 0.689. The van der Waals surface area contributed by atoms with Gasteiger partial charge in [0, 0.05) is 71.5 Å². The van der Waals surface area contributed by atoms with E-state index >= 15 is 0 Å². The fourth-order valence-electron chi connectivity index (χ4n) is 11.3. The molecule has 0 aliphatic rings. The molecule has 0 saturated carbocycles. The highest BCUT2D eigenvalue weighted by molar-refractivity contribution is 7.26. The predicted octanol–water partition coefficient (Wildman–Crippen LogP) is 22.2. The maximum Gasteiger partial charge on any atom is 0.163 e. The predicted molar refractivity (Wildman–Crippen MR) is 413 cm³/mol. The highest BCUT2D eigenvalue weighted by Crippen LogP contribution is 2.37. The van der Waals surface area contributed by atoms with Crippen LogP contribution in [0.4, 0.5) is 0 Å². The van der Waals surface area contributed by atoms with Gasteiger partial charge in [0.1, 0.15) is 31.6 Å². The third-order valence-corrected chi connectivity index (χ3v) is 18.3. The lowest BCUT2D eigenvalue weighted by Crippen LogP contribution is -1.95. The lowest BCUT2D eigenvalue weighted by molar-refractivity contribution is 1.07. The molecule has 7 heterocycles. The molecule has 0 radical (unpaired) electrons. The van der Waals surface area contributed by atoms with E-state index in [1.54, 1.807) is 48.0 Å². The summed E-state index contributed by atoms with van der Waals surface area (Å²) in [6.45, 7) is 0. The number of nitrogens with zero attached hydrogens (tertiary/aromatic N) is 11. The molecular weight excluding hydrogens is 1260 g/mol. The molecule has 11 nitrogen and oxygen atoms in total. The van der Waals surface area contributed by atoms with Gasteiger partial charge in [0.05, 0.1) is 38.5 Å². The maximum absolute atomic E-state index is 4.70. The zero-order chi connectivity index (χ0) is 67.3. The molecule has 0 aliphatic carbocycles. The Kier molecular flexibility index (Phi) is 20.6. The van der Waals surface area contributed by atoms with Gasteiger partial charge in [-0.15, -0.1) is 22.7 Å². The number of aromatic nitrogens is 11. The van der Waals surface area contributed by atoms with Gasteiger partial charge in [0.2, 0.25) is 0 Å². The number of benzene rings is 12. The molecule has 0 unspecified atom stereocenters. The van der Waals surface area contributed by atoms with Crippen LogP contribution < -0.4 is 0 Å². The average molecular weight is 1320 g/mol. The molecule has 476 valence electrons. The first-order chi connectivity index (χ1) is 49.6. The van der Waals surface area contributed by atoms with Crippen molar-refractivity contribution in [2.75, 3.05) is 0 Å². The van der Waals surface area contributed by atoms with E-state index in [0.29, 0.717) is 11.6 Å². The highest BCUT2D eigenvalue weighted by atomic mass is 32.1. The molecule has 0 spiro atoms. The van der Waals surface area contributed by atoms with Crippen LogP contribution in [-0.2, 0) is 0 Å². The number of hydrogen-bond donors (Lipinski definition) is 0. The summed E-state index contributed by atoms with van der Waals surface area (Å²) in [6.07, 6.45) is 11.6. The molecule has 19 rings (SSSR count). The second-order valence-corrected chi connectivity index (χ2v) is 24.7. The van der Waals surface area contributed by atoms with Crippen LogP contribution in [0.5, 0.6) is 0 Å². The monoisotopic (exact) mass is 1320 g/mol. The second-order valence-electron chi connectivity index (χ2n) is 22.7. The van der Waals surface area contributed by atoms with Crippen molar-refractivity contribution in [2.45, 2.75) is 0 Å². The van der Waals surface area contributed by atoms with Gasteiger partial charge in [0.15, 0.2) is 11.6 Å². The molecular formula is C87H61N11S2. The summed E-state index contributed by atoms with van der Waals surface area (Å²) in [5.74, 6) is 1.38. The van der Waals surface area contributed by atoms with Crippen LogP contribution in [-0.4, -0.2) is 54.8 Å². The molecule has 13 heteroatoms. The van der Waals surface area contributed by atoms with Crippen molar-refractivity contribution in [2.24, 2.45) is 0 Å². The SMILES string of the molecule is c1ccc(-c2cc(-c3ccccc3)ncn2)cc1.c1ccc(-c2cncnc2)cc1.c1ccc(-c2ncnc3c2sc2ccccc23)cc1.c1ccc(-c2ncnc3ccccc23)cc1.c1ccc2cc(-c3ncnc(-c4ccc5ccccc5c4)n3)ccc2c1.c1ccc2sccc2c1. The first-order valence-corrected chi connectivity index (χ1v) is 34.1. The van der Waals surface area contributed by atoms with Crippen molar-refractivity contribution < 1.29 is 0 Å². The Bertz CT molecular complexity index is 5590. The third-order valence-electron chi connectivity index (χ3n) is 16.2. The largest absolute Gasteiger partial charge is 0.244 e. The maximum atomic E-state index is 4.70. The van der Waals surface area contributed by atoms with Crippen LogP contribution in [0.25, 0.3) is 142 Å². The molecule has 100 heavy (non-hydrogen) atoms. The number of thiophene rings is 2. The number of hydrogen-bond acceptors (Lipinski definition) is 13. The van der Waals surface area contributed by atoms with Crippen molar-refractivity contribution in [3.05, 3.63) is 371 Å². The van der Waals surface area contributed by atoms with Gasteiger partial charge in [-0.3, -0.25) is 0 Å². The van der Waals surface area contributed by atoms with Crippen molar-refractivity contribution in [1.29, 1.82) is 0 Å². The summed E-state index contributed by atoms with van der Waals surface area (Å²) in [7, 11) is 0. The lowest BCUT2D eigenvalue weighted by atomic mass is 10.1. The van der Waals surface area contributed by atoms with Crippen LogP contribution in [0, 0.1) is 0 Å². The first kappa shape index (κ1) is 64.3. The highest BCUT2D eigenvalue weighted by Gasteiger charge is 2.13. The summed E-state index contributed by atoms with van der Waals surface area (Å²) >= 11 is 3.55. The van der Waals surface area contributed by atoms with Crippen LogP contribution in [0.1, 0.15) is 0 Å². The average Bonchev–Trinajstić information content (AvgIpc) is 1.62. The summed E-state index contributed by atoms with van der Waals surface area (Å²) in [6, 6.07) is 109. The van der Waals surface area contributed by atoms with E-state index in [1.807, 2.05) is 164 Å². The Balaban J connectivity index is 0.000000105. The molecule has 19 aromatic rings. The topological polar surface area (TPSA) is 142 Å². The molecule has 0 aliphatic heterocycles. The normalized spacial score (nSPS) is 10.6. The zero-order valence-electron chi connectivity index (χ0n) is 54.0. The Hall–Kier alpha value is -13.1. The molecule has 0 N–H and O–H groups in total. The molecule has 0 atom stereocenters. The van der Waals surface area contributed by atoms with E-state index in [9.17, 15) is 0 Å². The zero-order valence-corrected chi connectivity index (χ0v) is 55.6. The quantitative estimate of drug-likeness (QED) is 0.150. The molecule has 0 bridgehead atoms. The number of rotatable bonds is 7. The lowest BCUT2D eigenvalue weighted by Gasteiger charge is -2.06. The van der Waals surface area contributed by atoms with Gasteiger partial charge in [-0.1, -0.05) is 279 Å². The van der Waals surface area contributed by atoms with Crippen molar-refractivity contribution in [1.82, 2.24) is 54.8 Å². The summed E-state index contributed by atoms with van der Waals surface area (Å²) < 4.78 is 3.79.